The number of fused-ring (bicyclic) bond motifs is 1. The molecule has 1 saturated heterocycles. The number of halogens is 1. The third-order valence-corrected chi connectivity index (χ3v) is 7.10. The number of rotatable bonds is 5. The van der Waals surface area contributed by atoms with Crippen molar-refractivity contribution in [2.45, 2.75) is 18.9 Å². The molecule has 3 aromatic heterocycles. The molecular weight excluding hydrogens is 438 g/mol. The molecule has 4 heterocycles. The first-order valence-electron chi connectivity index (χ1n) is 9.93. The number of thiazole rings is 1. The van der Waals surface area contributed by atoms with Crippen LogP contribution in [0.1, 0.15) is 29.3 Å². The standard InChI is InChI=1S/C21H20ClN5O3S/c22-14-5-2-1-4-13(14)16(26-9-7-12(8-10-26)18(23)28)17-20(29)27-21(31-17)24-19(25-27)15-6-3-11-30-15/h1-6,11-12,16,29H,7-10H2,(H2,23,28)/t16-/m0/s1. The van der Waals surface area contributed by atoms with Crippen LogP contribution in [0.3, 0.4) is 0 Å². The minimum Gasteiger partial charge on any atom is -0.492 e. The van der Waals surface area contributed by atoms with Gasteiger partial charge >= 0.3 is 0 Å². The van der Waals surface area contributed by atoms with Crippen LogP contribution >= 0.6 is 22.9 Å². The summed E-state index contributed by atoms with van der Waals surface area (Å²) >= 11 is 7.92. The van der Waals surface area contributed by atoms with E-state index in [9.17, 15) is 9.90 Å². The Morgan fingerprint density at radius 1 is 1.26 bits per heavy atom. The van der Waals surface area contributed by atoms with Crippen LogP contribution in [0.2, 0.25) is 5.02 Å². The highest BCUT2D eigenvalue weighted by Gasteiger charge is 2.34. The zero-order chi connectivity index (χ0) is 21.5. The fourth-order valence-corrected chi connectivity index (χ4v) is 5.43. The topological polar surface area (TPSA) is 110 Å². The molecule has 1 atom stereocenters. The third-order valence-electron chi connectivity index (χ3n) is 5.69. The second kappa shape index (κ2) is 7.99. The highest BCUT2D eigenvalue weighted by molar-refractivity contribution is 7.17. The highest BCUT2D eigenvalue weighted by Crippen LogP contribution is 2.43. The van der Waals surface area contributed by atoms with Gasteiger partial charge in [-0.05, 0) is 49.7 Å². The number of likely N-dealkylation sites (tertiary alicyclic amines) is 1. The van der Waals surface area contributed by atoms with Crippen LogP contribution in [0.5, 0.6) is 5.88 Å². The fourth-order valence-electron chi connectivity index (χ4n) is 4.08. The van der Waals surface area contributed by atoms with Crippen molar-refractivity contribution in [3.8, 4) is 17.5 Å². The Labute approximate surface area is 186 Å². The summed E-state index contributed by atoms with van der Waals surface area (Å²) in [5.41, 5.74) is 6.39. The quantitative estimate of drug-likeness (QED) is 0.473. The monoisotopic (exact) mass is 457 g/mol. The smallest absolute Gasteiger partial charge is 0.230 e. The van der Waals surface area contributed by atoms with E-state index in [0.29, 0.717) is 52.4 Å². The number of benzene rings is 1. The van der Waals surface area contributed by atoms with Crippen molar-refractivity contribution in [3.05, 3.63) is 58.1 Å². The third kappa shape index (κ3) is 3.58. The van der Waals surface area contributed by atoms with Crippen molar-refractivity contribution in [3.63, 3.8) is 0 Å². The molecule has 1 amide bonds. The van der Waals surface area contributed by atoms with Gasteiger partial charge in [0, 0.05) is 10.9 Å². The maximum absolute atomic E-state index is 11.6. The largest absolute Gasteiger partial charge is 0.492 e. The van der Waals surface area contributed by atoms with E-state index in [1.807, 2.05) is 24.3 Å². The van der Waals surface area contributed by atoms with Crippen LogP contribution in [-0.4, -0.2) is 43.6 Å². The lowest BCUT2D eigenvalue weighted by Crippen LogP contribution is -2.40. The lowest BCUT2D eigenvalue weighted by molar-refractivity contribution is -0.123. The van der Waals surface area contributed by atoms with Crippen LogP contribution < -0.4 is 5.73 Å². The van der Waals surface area contributed by atoms with Gasteiger partial charge in [-0.1, -0.05) is 41.1 Å². The zero-order valence-electron chi connectivity index (χ0n) is 16.4. The summed E-state index contributed by atoms with van der Waals surface area (Å²) in [6, 6.07) is 10.8. The molecule has 0 saturated carbocycles. The average Bonchev–Trinajstić information content (AvgIpc) is 3.49. The lowest BCUT2D eigenvalue weighted by Gasteiger charge is -2.36. The van der Waals surface area contributed by atoms with Crippen molar-refractivity contribution in [2.75, 3.05) is 13.1 Å². The number of aromatic nitrogens is 3. The Balaban J connectivity index is 1.56. The SMILES string of the molecule is NC(=O)C1CCN([C@@H](c2ccccc2Cl)c2sc3nc(-c4ccco4)nn3c2O)CC1. The molecule has 1 aliphatic heterocycles. The lowest BCUT2D eigenvalue weighted by atomic mass is 9.93. The minimum absolute atomic E-state index is 0.0206. The molecular formula is C21H20ClN5O3S. The van der Waals surface area contributed by atoms with E-state index in [2.05, 4.69) is 15.0 Å². The summed E-state index contributed by atoms with van der Waals surface area (Å²) in [7, 11) is 0. The van der Waals surface area contributed by atoms with E-state index >= 15 is 0 Å². The first kappa shape index (κ1) is 20.0. The van der Waals surface area contributed by atoms with Gasteiger partial charge < -0.3 is 15.3 Å². The molecule has 3 N–H and O–H groups in total. The van der Waals surface area contributed by atoms with E-state index in [1.165, 1.54) is 15.9 Å². The number of carbonyl (C=O) groups is 1. The number of nitrogens with two attached hydrogens (primary N) is 1. The zero-order valence-corrected chi connectivity index (χ0v) is 18.0. The van der Waals surface area contributed by atoms with Crippen LogP contribution in [0, 0.1) is 5.92 Å². The van der Waals surface area contributed by atoms with Gasteiger partial charge in [-0.25, -0.2) is 0 Å². The number of primary amides is 1. The molecule has 160 valence electrons. The number of hydrogen-bond acceptors (Lipinski definition) is 7. The van der Waals surface area contributed by atoms with Crippen molar-refractivity contribution in [1.82, 2.24) is 19.5 Å². The van der Waals surface area contributed by atoms with E-state index in [0.717, 1.165) is 5.56 Å². The summed E-state index contributed by atoms with van der Waals surface area (Å²) in [5, 5.41) is 16.1. The molecule has 4 aromatic rings. The van der Waals surface area contributed by atoms with E-state index in [1.54, 1.807) is 18.4 Å². The summed E-state index contributed by atoms with van der Waals surface area (Å²) in [6.45, 7) is 1.32. The van der Waals surface area contributed by atoms with E-state index < -0.39 is 0 Å². The van der Waals surface area contributed by atoms with Crippen LogP contribution in [0.15, 0.2) is 47.1 Å². The van der Waals surface area contributed by atoms with Crippen molar-refractivity contribution < 1.29 is 14.3 Å². The molecule has 0 radical (unpaired) electrons. The number of piperidine rings is 1. The number of carbonyl (C=O) groups excluding carboxylic acids is 1. The number of nitrogens with zero attached hydrogens (tertiary/aromatic N) is 4. The summed E-state index contributed by atoms with van der Waals surface area (Å²) < 4.78 is 6.80. The van der Waals surface area contributed by atoms with Gasteiger partial charge in [0.1, 0.15) is 0 Å². The number of aromatic hydroxyl groups is 1. The first-order valence-corrected chi connectivity index (χ1v) is 11.1. The normalized spacial score (nSPS) is 16.7. The molecule has 1 aliphatic rings. The van der Waals surface area contributed by atoms with E-state index in [4.69, 9.17) is 21.8 Å². The van der Waals surface area contributed by atoms with Crippen LogP contribution in [0.4, 0.5) is 0 Å². The molecule has 1 aromatic carbocycles. The maximum atomic E-state index is 11.6. The molecule has 10 heteroatoms. The van der Waals surface area contributed by atoms with Gasteiger partial charge in [-0.2, -0.15) is 9.50 Å². The highest BCUT2D eigenvalue weighted by atomic mass is 35.5. The predicted molar refractivity (Wildman–Crippen MR) is 117 cm³/mol. The van der Waals surface area contributed by atoms with Gasteiger partial charge in [0.25, 0.3) is 0 Å². The Morgan fingerprint density at radius 2 is 2.03 bits per heavy atom. The molecule has 0 unspecified atom stereocenters. The van der Waals surface area contributed by atoms with Gasteiger partial charge in [0.2, 0.25) is 22.6 Å². The molecule has 0 bridgehead atoms. The Bertz CT molecular complexity index is 1230. The summed E-state index contributed by atoms with van der Waals surface area (Å²) in [4.78, 5) is 19.6. The summed E-state index contributed by atoms with van der Waals surface area (Å²) in [6.07, 6.45) is 2.89. The van der Waals surface area contributed by atoms with Gasteiger partial charge in [-0.15, -0.1) is 5.10 Å². The average molecular weight is 458 g/mol. The van der Waals surface area contributed by atoms with Crippen molar-refractivity contribution >= 4 is 33.8 Å². The van der Waals surface area contributed by atoms with E-state index in [-0.39, 0.29) is 23.7 Å². The second-order valence-electron chi connectivity index (χ2n) is 7.53. The number of hydrogen-bond donors (Lipinski definition) is 2. The van der Waals surface area contributed by atoms with Gasteiger partial charge in [-0.3, -0.25) is 9.69 Å². The van der Waals surface area contributed by atoms with Gasteiger partial charge in [0.05, 0.1) is 17.2 Å². The molecule has 31 heavy (non-hydrogen) atoms. The summed E-state index contributed by atoms with van der Waals surface area (Å²) in [5.74, 6) is 0.575. The fraction of sp³-hybridized carbons (Fsp3) is 0.286. The first-order chi connectivity index (χ1) is 15.0. The molecule has 1 fully saturated rings. The molecule has 0 aliphatic carbocycles. The van der Waals surface area contributed by atoms with Crippen molar-refractivity contribution in [2.24, 2.45) is 11.7 Å². The molecule has 5 rings (SSSR count). The van der Waals surface area contributed by atoms with Crippen molar-refractivity contribution in [1.29, 1.82) is 0 Å². The minimum atomic E-state index is -0.289. The van der Waals surface area contributed by atoms with Crippen LogP contribution in [-0.2, 0) is 4.79 Å². The van der Waals surface area contributed by atoms with Crippen LogP contribution in [0.25, 0.3) is 16.5 Å². The second-order valence-corrected chi connectivity index (χ2v) is 8.95. The Kier molecular flexibility index (Phi) is 5.17. The molecule has 8 nitrogen and oxygen atoms in total. The Hall–Kier alpha value is -2.88. The van der Waals surface area contributed by atoms with Gasteiger partial charge in [0.15, 0.2) is 5.76 Å². The predicted octanol–water partition coefficient (Wildman–Crippen LogP) is 3.70. The Morgan fingerprint density at radius 3 is 2.68 bits per heavy atom. The number of amides is 1. The maximum Gasteiger partial charge on any atom is 0.230 e. The molecule has 0 spiro atoms. The number of furan rings is 1.